The van der Waals surface area contributed by atoms with Gasteiger partial charge in [0.1, 0.15) is 5.69 Å². The third-order valence-corrected chi connectivity index (χ3v) is 4.40. The Balaban J connectivity index is 2.11. The second kappa shape index (κ2) is 6.54. The van der Waals surface area contributed by atoms with Crippen LogP contribution in [-0.4, -0.2) is 36.0 Å². The summed E-state index contributed by atoms with van der Waals surface area (Å²) in [6.45, 7) is 4.29. The molecule has 0 radical (unpaired) electrons. The first kappa shape index (κ1) is 15.3. The second-order valence-corrected chi connectivity index (χ2v) is 6.43. The van der Waals surface area contributed by atoms with E-state index in [-0.39, 0.29) is 16.7 Å². The van der Waals surface area contributed by atoms with Gasteiger partial charge in [-0.1, -0.05) is 15.9 Å². The molecular weight excluding hydrogens is 322 g/mol. The summed E-state index contributed by atoms with van der Waals surface area (Å²) in [5.74, 6) is 0.525. The number of benzene rings is 1. The van der Waals surface area contributed by atoms with Gasteiger partial charge >= 0.3 is 0 Å². The maximum atomic E-state index is 11.1. The summed E-state index contributed by atoms with van der Waals surface area (Å²) in [6.07, 6.45) is 2.36. The molecular formula is C14H20BrN3O2. The summed E-state index contributed by atoms with van der Waals surface area (Å²) < 4.78 is 0.722. The molecule has 5 nitrogen and oxygen atoms in total. The third kappa shape index (κ3) is 3.70. The minimum atomic E-state index is -0.340. The molecule has 0 saturated carbocycles. The summed E-state index contributed by atoms with van der Waals surface area (Å²) in [6, 6.07) is 5.36. The van der Waals surface area contributed by atoms with Gasteiger partial charge in [-0.25, -0.2) is 0 Å². The van der Waals surface area contributed by atoms with Crippen LogP contribution >= 0.6 is 15.9 Å². The lowest BCUT2D eigenvalue weighted by Gasteiger charge is -2.34. The number of rotatable bonds is 4. The Labute approximate surface area is 127 Å². The number of nitrogens with one attached hydrogen (secondary N) is 1. The average Bonchev–Trinajstić information content (AvgIpc) is 2.40. The van der Waals surface area contributed by atoms with Crippen LogP contribution in [-0.2, 0) is 0 Å². The smallest absolute Gasteiger partial charge is 0.293 e. The molecule has 1 N–H and O–H groups in total. The molecule has 1 fully saturated rings. The van der Waals surface area contributed by atoms with Crippen molar-refractivity contribution < 1.29 is 4.92 Å². The average molecular weight is 342 g/mol. The molecule has 1 aromatic carbocycles. The van der Waals surface area contributed by atoms with Crippen molar-refractivity contribution in [3.8, 4) is 0 Å². The number of halogens is 1. The van der Waals surface area contributed by atoms with Crippen LogP contribution in [0.5, 0.6) is 0 Å². The molecule has 0 amide bonds. The van der Waals surface area contributed by atoms with Crippen molar-refractivity contribution in [1.29, 1.82) is 0 Å². The number of nitrogens with zero attached hydrogens (tertiary/aromatic N) is 2. The molecule has 1 aliphatic rings. The highest BCUT2D eigenvalue weighted by atomic mass is 79.9. The zero-order valence-corrected chi connectivity index (χ0v) is 13.4. The number of nitro benzene ring substituents is 1. The Morgan fingerprint density at radius 3 is 2.95 bits per heavy atom. The molecule has 110 valence electrons. The summed E-state index contributed by atoms with van der Waals surface area (Å²) in [7, 11) is 2.13. The van der Waals surface area contributed by atoms with Crippen molar-refractivity contribution in [2.24, 2.45) is 5.92 Å². The lowest BCUT2D eigenvalue weighted by Crippen LogP contribution is -2.39. The van der Waals surface area contributed by atoms with Gasteiger partial charge in [-0.15, -0.1) is 0 Å². The molecule has 0 aromatic heterocycles. The Hall–Kier alpha value is -1.14. The fourth-order valence-electron chi connectivity index (χ4n) is 2.76. The summed E-state index contributed by atoms with van der Waals surface area (Å²) in [5.41, 5.74) is 0.717. The zero-order valence-electron chi connectivity index (χ0n) is 11.8. The Morgan fingerprint density at radius 2 is 2.30 bits per heavy atom. The largest absolute Gasteiger partial charge is 0.377 e. The van der Waals surface area contributed by atoms with Crippen LogP contribution < -0.4 is 5.32 Å². The molecule has 20 heavy (non-hydrogen) atoms. The van der Waals surface area contributed by atoms with Crippen LogP contribution in [0.4, 0.5) is 11.4 Å². The van der Waals surface area contributed by atoms with E-state index in [4.69, 9.17) is 0 Å². The van der Waals surface area contributed by atoms with Crippen molar-refractivity contribution in [3.63, 3.8) is 0 Å². The van der Waals surface area contributed by atoms with Crippen LogP contribution in [0.3, 0.4) is 0 Å². The molecule has 1 aliphatic heterocycles. The maximum Gasteiger partial charge on any atom is 0.293 e. The van der Waals surface area contributed by atoms with Gasteiger partial charge in [-0.2, -0.15) is 0 Å². The van der Waals surface area contributed by atoms with E-state index in [1.165, 1.54) is 12.8 Å². The lowest BCUT2D eigenvalue weighted by atomic mass is 9.91. The minimum absolute atomic E-state index is 0.121. The highest BCUT2D eigenvalue weighted by Crippen LogP contribution is 2.30. The molecule has 1 heterocycles. The molecule has 2 unspecified atom stereocenters. The predicted molar refractivity (Wildman–Crippen MR) is 84.1 cm³/mol. The first-order chi connectivity index (χ1) is 9.47. The third-order valence-electron chi connectivity index (χ3n) is 3.91. The van der Waals surface area contributed by atoms with E-state index < -0.39 is 0 Å². The molecule has 2 rings (SSSR count). The Morgan fingerprint density at radius 1 is 1.55 bits per heavy atom. The van der Waals surface area contributed by atoms with Crippen molar-refractivity contribution in [3.05, 3.63) is 32.8 Å². The molecule has 2 atom stereocenters. The van der Waals surface area contributed by atoms with E-state index in [1.54, 1.807) is 12.1 Å². The van der Waals surface area contributed by atoms with Gasteiger partial charge in [-0.05, 0) is 51.4 Å². The number of nitro groups is 1. The molecule has 6 heteroatoms. The Bertz CT molecular complexity index is 495. The van der Waals surface area contributed by atoms with Crippen LogP contribution in [0.1, 0.15) is 19.8 Å². The molecule has 0 aliphatic carbocycles. The van der Waals surface area contributed by atoms with Gasteiger partial charge in [0.25, 0.3) is 5.69 Å². The standard InChI is InChI=1S/C14H20BrN3O2/c1-10(11-4-3-7-17(2)9-11)16-13-6-5-12(15)8-14(13)18(19)20/h5-6,8,10-11,16H,3-4,7,9H2,1-2H3. The lowest BCUT2D eigenvalue weighted by molar-refractivity contribution is -0.384. The van der Waals surface area contributed by atoms with E-state index >= 15 is 0 Å². The summed E-state index contributed by atoms with van der Waals surface area (Å²) in [4.78, 5) is 13.1. The molecule has 0 spiro atoms. The van der Waals surface area contributed by atoms with E-state index in [0.717, 1.165) is 17.6 Å². The molecule has 1 saturated heterocycles. The van der Waals surface area contributed by atoms with Crippen LogP contribution in [0.15, 0.2) is 22.7 Å². The van der Waals surface area contributed by atoms with Gasteiger partial charge in [0, 0.05) is 23.1 Å². The van der Waals surface area contributed by atoms with Crippen LogP contribution in [0, 0.1) is 16.0 Å². The monoisotopic (exact) mass is 341 g/mol. The normalized spacial score (nSPS) is 21.4. The summed E-state index contributed by atoms with van der Waals surface area (Å²) >= 11 is 3.28. The SMILES string of the molecule is CC(Nc1ccc(Br)cc1[N+](=O)[O-])C1CCCN(C)C1. The van der Waals surface area contributed by atoms with Crippen molar-refractivity contribution >= 4 is 27.3 Å². The summed E-state index contributed by atoms with van der Waals surface area (Å²) in [5, 5.41) is 14.4. The van der Waals surface area contributed by atoms with Crippen molar-refractivity contribution in [2.75, 3.05) is 25.5 Å². The highest BCUT2D eigenvalue weighted by Gasteiger charge is 2.24. The van der Waals surface area contributed by atoms with Gasteiger partial charge in [-0.3, -0.25) is 10.1 Å². The van der Waals surface area contributed by atoms with Crippen LogP contribution in [0.2, 0.25) is 0 Å². The fraction of sp³-hybridized carbons (Fsp3) is 0.571. The predicted octanol–water partition coefficient (Wildman–Crippen LogP) is 3.50. The van der Waals surface area contributed by atoms with Gasteiger partial charge in [0.05, 0.1) is 4.92 Å². The number of piperidine rings is 1. The quantitative estimate of drug-likeness (QED) is 0.672. The van der Waals surface area contributed by atoms with E-state index in [9.17, 15) is 10.1 Å². The topological polar surface area (TPSA) is 58.4 Å². The highest BCUT2D eigenvalue weighted by molar-refractivity contribution is 9.10. The van der Waals surface area contributed by atoms with E-state index in [1.807, 2.05) is 6.07 Å². The first-order valence-corrected chi connectivity index (χ1v) is 7.65. The van der Waals surface area contributed by atoms with Gasteiger partial charge in [0.15, 0.2) is 0 Å². The Kier molecular flexibility index (Phi) is 4.99. The van der Waals surface area contributed by atoms with E-state index in [2.05, 4.69) is 40.1 Å². The first-order valence-electron chi connectivity index (χ1n) is 6.86. The molecule has 1 aromatic rings. The number of likely N-dealkylation sites (tertiary alicyclic amines) is 1. The minimum Gasteiger partial charge on any atom is -0.377 e. The second-order valence-electron chi connectivity index (χ2n) is 5.52. The van der Waals surface area contributed by atoms with Crippen molar-refractivity contribution in [2.45, 2.75) is 25.8 Å². The zero-order chi connectivity index (χ0) is 14.7. The fourth-order valence-corrected chi connectivity index (χ4v) is 3.10. The van der Waals surface area contributed by atoms with Crippen molar-refractivity contribution in [1.82, 2.24) is 4.90 Å². The molecule has 0 bridgehead atoms. The number of hydrogen-bond donors (Lipinski definition) is 1. The number of anilines is 1. The van der Waals surface area contributed by atoms with E-state index in [0.29, 0.717) is 11.6 Å². The van der Waals surface area contributed by atoms with Gasteiger partial charge in [0.2, 0.25) is 0 Å². The number of hydrogen-bond acceptors (Lipinski definition) is 4. The maximum absolute atomic E-state index is 11.1. The van der Waals surface area contributed by atoms with Crippen LogP contribution in [0.25, 0.3) is 0 Å². The van der Waals surface area contributed by atoms with Gasteiger partial charge < -0.3 is 10.2 Å².